The molecule has 0 aliphatic heterocycles. The summed E-state index contributed by atoms with van der Waals surface area (Å²) in [6.45, 7) is 4.28. The Hall–Kier alpha value is -1.20. The molecule has 1 rings (SSSR count). The molecule has 5 nitrogen and oxygen atoms in total. The van der Waals surface area contributed by atoms with Crippen LogP contribution >= 0.6 is 0 Å². The van der Waals surface area contributed by atoms with Gasteiger partial charge in [-0.05, 0) is 12.8 Å². The minimum absolute atomic E-state index is 0.186. The van der Waals surface area contributed by atoms with E-state index in [2.05, 4.69) is 9.97 Å². The van der Waals surface area contributed by atoms with Crippen molar-refractivity contribution < 1.29 is 4.74 Å². The molecule has 0 bridgehead atoms. The summed E-state index contributed by atoms with van der Waals surface area (Å²) in [5.41, 5.74) is 6.03. The van der Waals surface area contributed by atoms with Gasteiger partial charge in [0.2, 0.25) is 0 Å². The maximum absolute atomic E-state index is 11.5. The predicted octanol–water partition coefficient (Wildman–Crippen LogP) is 0.890. The highest BCUT2D eigenvalue weighted by Crippen LogP contribution is 2.21. The van der Waals surface area contributed by atoms with Crippen LogP contribution in [0.1, 0.15) is 38.2 Å². The van der Waals surface area contributed by atoms with Crippen LogP contribution in [0.15, 0.2) is 10.9 Å². The maximum atomic E-state index is 11.5. The number of aromatic nitrogens is 2. The topological polar surface area (TPSA) is 81.0 Å². The van der Waals surface area contributed by atoms with Crippen LogP contribution in [0.5, 0.6) is 0 Å². The predicted molar refractivity (Wildman–Crippen MR) is 62.0 cm³/mol. The first-order valence-electron chi connectivity index (χ1n) is 5.44. The van der Waals surface area contributed by atoms with Crippen LogP contribution < -0.4 is 11.3 Å². The second-order valence-electron chi connectivity index (χ2n) is 3.88. The average molecular weight is 225 g/mol. The number of ether oxygens (including phenoxy) is 1. The summed E-state index contributed by atoms with van der Waals surface area (Å²) in [4.78, 5) is 18.5. The van der Waals surface area contributed by atoms with Crippen LogP contribution in [0, 0.1) is 0 Å². The standard InChI is InChI=1S/C11H19N3O2/c1-4-11(12,5-2)10-13-8(7-16-3)6-9(15)14-10/h6H,4-5,7,12H2,1-3H3,(H,13,14,15). The van der Waals surface area contributed by atoms with Crippen molar-refractivity contribution in [3.8, 4) is 0 Å². The normalized spacial score (nSPS) is 11.8. The summed E-state index contributed by atoms with van der Waals surface area (Å²) in [5, 5.41) is 0. The zero-order valence-corrected chi connectivity index (χ0v) is 10.0. The molecular weight excluding hydrogens is 206 g/mol. The minimum Gasteiger partial charge on any atom is -0.378 e. The third kappa shape index (κ3) is 2.68. The molecule has 0 unspecified atom stereocenters. The molecule has 16 heavy (non-hydrogen) atoms. The monoisotopic (exact) mass is 225 g/mol. The van der Waals surface area contributed by atoms with E-state index < -0.39 is 5.54 Å². The summed E-state index contributed by atoms with van der Waals surface area (Å²) >= 11 is 0. The van der Waals surface area contributed by atoms with Gasteiger partial charge >= 0.3 is 0 Å². The van der Waals surface area contributed by atoms with Gasteiger partial charge in [-0.2, -0.15) is 0 Å². The SMILES string of the molecule is CCC(N)(CC)c1nc(COC)cc(=O)[nH]1. The minimum atomic E-state index is -0.567. The molecule has 0 fully saturated rings. The summed E-state index contributed by atoms with van der Waals surface area (Å²) in [6.07, 6.45) is 1.45. The summed E-state index contributed by atoms with van der Waals surface area (Å²) < 4.78 is 4.96. The highest BCUT2D eigenvalue weighted by Gasteiger charge is 2.26. The zero-order chi connectivity index (χ0) is 12.2. The van der Waals surface area contributed by atoms with Crippen molar-refractivity contribution in [2.45, 2.75) is 38.8 Å². The van der Waals surface area contributed by atoms with Crippen LogP contribution in [0.3, 0.4) is 0 Å². The Kier molecular flexibility index (Phi) is 4.20. The molecule has 3 N–H and O–H groups in total. The molecule has 0 saturated carbocycles. The number of hydrogen-bond acceptors (Lipinski definition) is 4. The van der Waals surface area contributed by atoms with Gasteiger partial charge in [0.15, 0.2) is 0 Å². The maximum Gasteiger partial charge on any atom is 0.251 e. The molecule has 0 aliphatic carbocycles. The summed E-state index contributed by atoms with van der Waals surface area (Å²) in [6, 6.07) is 1.43. The third-order valence-corrected chi connectivity index (χ3v) is 2.82. The smallest absolute Gasteiger partial charge is 0.251 e. The van der Waals surface area contributed by atoms with Crippen LogP contribution in [0.4, 0.5) is 0 Å². The van der Waals surface area contributed by atoms with Gasteiger partial charge in [0, 0.05) is 13.2 Å². The lowest BCUT2D eigenvalue weighted by atomic mass is 9.93. The van der Waals surface area contributed by atoms with Crippen molar-refractivity contribution in [3.05, 3.63) is 27.9 Å². The quantitative estimate of drug-likeness (QED) is 0.779. The van der Waals surface area contributed by atoms with Crippen LogP contribution in [-0.4, -0.2) is 17.1 Å². The third-order valence-electron chi connectivity index (χ3n) is 2.82. The first-order chi connectivity index (χ1) is 7.55. The number of nitrogens with one attached hydrogen (secondary N) is 1. The molecular formula is C11H19N3O2. The Morgan fingerprint density at radius 2 is 2.12 bits per heavy atom. The van der Waals surface area contributed by atoms with E-state index in [-0.39, 0.29) is 5.56 Å². The number of nitrogens with two attached hydrogens (primary N) is 1. The van der Waals surface area contributed by atoms with Crippen molar-refractivity contribution in [1.29, 1.82) is 0 Å². The fourth-order valence-corrected chi connectivity index (χ4v) is 1.55. The Morgan fingerprint density at radius 1 is 1.50 bits per heavy atom. The van der Waals surface area contributed by atoms with Gasteiger partial charge in [-0.25, -0.2) is 4.98 Å². The van der Waals surface area contributed by atoms with E-state index in [9.17, 15) is 4.79 Å². The van der Waals surface area contributed by atoms with Crippen molar-refractivity contribution in [2.24, 2.45) is 5.73 Å². The molecule has 0 saturated heterocycles. The molecule has 1 heterocycles. The number of aromatic amines is 1. The van der Waals surface area contributed by atoms with E-state index >= 15 is 0 Å². The molecule has 90 valence electrons. The lowest BCUT2D eigenvalue weighted by molar-refractivity contribution is 0.180. The second-order valence-corrected chi connectivity index (χ2v) is 3.88. The molecule has 1 aromatic heterocycles. The van der Waals surface area contributed by atoms with E-state index in [4.69, 9.17) is 10.5 Å². The molecule has 0 spiro atoms. The lowest BCUT2D eigenvalue weighted by Gasteiger charge is -2.25. The van der Waals surface area contributed by atoms with E-state index in [1.54, 1.807) is 7.11 Å². The molecule has 0 aliphatic rings. The van der Waals surface area contributed by atoms with Crippen molar-refractivity contribution >= 4 is 0 Å². The van der Waals surface area contributed by atoms with Gasteiger partial charge in [-0.1, -0.05) is 13.8 Å². The van der Waals surface area contributed by atoms with Crippen molar-refractivity contribution in [3.63, 3.8) is 0 Å². The molecule has 0 aromatic carbocycles. The summed E-state index contributed by atoms with van der Waals surface area (Å²) in [7, 11) is 1.57. The van der Waals surface area contributed by atoms with Gasteiger partial charge in [0.1, 0.15) is 5.82 Å². The highest BCUT2D eigenvalue weighted by atomic mass is 16.5. The number of methoxy groups -OCH3 is 1. The molecule has 1 aromatic rings. The van der Waals surface area contributed by atoms with Gasteiger partial charge in [0.05, 0.1) is 17.8 Å². The van der Waals surface area contributed by atoms with Crippen LogP contribution in [0.2, 0.25) is 0 Å². The second kappa shape index (κ2) is 5.23. The fraction of sp³-hybridized carbons (Fsp3) is 0.636. The number of nitrogens with zero attached hydrogens (tertiary/aromatic N) is 1. The molecule has 5 heteroatoms. The van der Waals surface area contributed by atoms with E-state index in [0.717, 1.165) is 12.8 Å². The molecule has 0 atom stereocenters. The van der Waals surface area contributed by atoms with E-state index in [1.165, 1.54) is 6.07 Å². The van der Waals surface area contributed by atoms with Crippen LogP contribution in [-0.2, 0) is 16.9 Å². The Bertz CT molecular complexity index is 396. The van der Waals surface area contributed by atoms with Gasteiger partial charge in [-0.15, -0.1) is 0 Å². The lowest BCUT2D eigenvalue weighted by Crippen LogP contribution is -2.39. The van der Waals surface area contributed by atoms with Gasteiger partial charge in [-0.3, -0.25) is 4.79 Å². The van der Waals surface area contributed by atoms with Gasteiger partial charge < -0.3 is 15.5 Å². The van der Waals surface area contributed by atoms with Crippen molar-refractivity contribution in [2.75, 3.05) is 7.11 Å². The number of H-pyrrole nitrogens is 1. The van der Waals surface area contributed by atoms with E-state index in [0.29, 0.717) is 18.1 Å². The van der Waals surface area contributed by atoms with Gasteiger partial charge in [0.25, 0.3) is 5.56 Å². The fourth-order valence-electron chi connectivity index (χ4n) is 1.55. The molecule has 0 radical (unpaired) electrons. The van der Waals surface area contributed by atoms with E-state index in [1.807, 2.05) is 13.8 Å². The Balaban J connectivity index is 3.18. The Morgan fingerprint density at radius 3 is 2.62 bits per heavy atom. The summed E-state index contributed by atoms with van der Waals surface area (Å²) in [5.74, 6) is 0.539. The number of hydrogen-bond donors (Lipinski definition) is 2. The first-order valence-corrected chi connectivity index (χ1v) is 5.44. The zero-order valence-electron chi connectivity index (χ0n) is 10.0. The van der Waals surface area contributed by atoms with Crippen molar-refractivity contribution in [1.82, 2.24) is 9.97 Å². The first kappa shape index (κ1) is 12.9. The largest absolute Gasteiger partial charge is 0.378 e. The average Bonchev–Trinajstić information content (AvgIpc) is 2.27. The number of rotatable bonds is 5. The Labute approximate surface area is 95.0 Å². The molecule has 0 amide bonds. The van der Waals surface area contributed by atoms with Crippen LogP contribution in [0.25, 0.3) is 0 Å². The highest BCUT2D eigenvalue weighted by molar-refractivity contribution is 5.09.